The predicted octanol–water partition coefficient (Wildman–Crippen LogP) is 3.84. The Kier molecular flexibility index (Phi) is 3.54. The Labute approximate surface area is 139 Å². The molecule has 1 amide bonds. The quantitative estimate of drug-likeness (QED) is 0.796. The molecule has 0 fully saturated rings. The molecule has 0 radical (unpaired) electrons. The van der Waals surface area contributed by atoms with Gasteiger partial charge < -0.3 is 14.5 Å². The van der Waals surface area contributed by atoms with Crippen LogP contribution in [0.2, 0.25) is 0 Å². The van der Waals surface area contributed by atoms with Crippen LogP contribution in [-0.4, -0.2) is 17.0 Å². The minimum absolute atomic E-state index is 0.0126. The molecule has 0 saturated heterocycles. The topological polar surface area (TPSA) is 64.4 Å². The van der Waals surface area contributed by atoms with Crippen molar-refractivity contribution in [1.29, 1.82) is 0 Å². The van der Waals surface area contributed by atoms with Gasteiger partial charge in [-0.05, 0) is 18.2 Å². The van der Waals surface area contributed by atoms with Crippen LogP contribution in [0.4, 0.5) is 5.69 Å². The van der Waals surface area contributed by atoms with Crippen LogP contribution in [0, 0.1) is 0 Å². The highest BCUT2D eigenvalue weighted by Gasteiger charge is 2.36. The van der Waals surface area contributed by atoms with Crippen LogP contribution in [-0.2, 0) is 4.79 Å². The number of benzene rings is 2. The molecule has 120 valence electrons. The van der Waals surface area contributed by atoms with E-state index in [4.69, 9.17) is 9.15 Å². The van der Waals surface area contributed by atoms with Crippen LogP contribution in [0.15, 0.2) is 65.5 Å². The van der Waals surface area contributed by atoms with Crippen LogP contribution in [0.1, 0.15) is 18.4 Å². The molecule has 2 aromatic carbocycles. The second-order valence-corrected chi connectivity index (χ2v) is 5.80. The molecule has 2 unspecified atom stereocenters. The summed E-state index contributed by atoms with van der Waals surface area (Å²) in [6, 6.07) is 15.2. The number of ether oxygens (including phenoxy) is 1. The summed E-state index contributed by atoms with van der Waals surface area (Å²) in [5.74, 6) is 1.29. The van der Waals surface area contributed by atoms with Gasteiger partial charge in [0.05, 0.1) is 6.20 Å². The summed E-state index contributed by atoms with van der Waals surface area (Å²) in [5, 5.41) is 2.93. The van der Waals surface area contributed by atoms with Gasteiger partial charge in [0.1, 0.15) is 5.75 Å². The van der Waals surface area contributed by atoms with Gasteiger partial charge in [-0.1, -0.05) is 37.3 Å². The van der Waals surface area contributed by atoms with Crippen LogP contribution >= 0.6 is 0 Å². The summed E-state index contributed by atoms with van der Waals surface area (Å²) in [6.07, 6.45) is 2.49. The molecule has 0 saturated carbocycles. The van der Waals surface area contributed by atoms with Gasteiger partial charge in [0.25, 0.3) is 5.91 Å². The number of carbonyl (C=O) groups is 1. The number of para-hydroxylation sites is 1. The molecule has 4 rings (SSSR count). The average Bonchev–Trinajstić information content (AvgIpc) is 3.24. The van der Waals surface area contributed by atoms with Gasteiger partial charge in [-0.15, -0.1) is 0 Å². The van der Waals surface area contributed by atoms with Gasteiger partial charge in [0, 0.05) is 22.7 Å². The Morgan fingerprint density at radius 2 is 2.04 bits per heavy atom. The number of amides is 1. The average molecular weight is 320 g/mol. The van der Waals surface area contributed by atoms with E-state index in [0.29, 0.717) is 11.4 Å². The zero-order valence-corrected chi connectivity index (χ0v) is 13.1. The molecule has 1 aromatic heterocycles. The monoisotopic (exact) mass is 320 g/mol. The number of hydrogen-bond acceptors (Lipinski definition) is 4. The zero-order chi connectivity index (χ0) is 16.5. The number of carbonyl (C=O) groups excluding carboxylic acids is 1. The Balaban J connectivity index is 1.52. The minimum atomic E-state index is -0.531. The first kappa shape index (κ1) is 14.5. The highest BCUT2D eigenvalue weighted by atomic mass is 16.5. The molecule has 5 heteroatoms. The number of fused-ring (bicyclic) bond motifs is 1. The van der Waals surface area contributed by atoms with Crippen molar-refractivity contribution in [3.63, 3.8) is 0 Å². The van der Waals surface area contributed by atoms with E-state index < -0.39 is 6.10 Å². The number of aromatic nitrogens is 1. The second-order valence-electron chi connectivity index (χ2n) is 5.80. The van der Waals surface area contributed by atoms with Crippen molar-refractivity contribution in [1.82, 2.24) is 4.98 Å². The zero-order valence-electron chi connectivity index (χ0n) is 13.1. The maximum absolute atomic E-state index is 12.6. The van der Waals surface area contributed by atoms with Gasteiger partial charge in [-0.2, -0.15) is 0 Å². The summed E-state index contributed by atoms with van der Waals surface area (Å²) in [5.41, 5.74) is 2.61. The smallest absolute Gasteiger partial charge is 0.266 e. The van der Waals surface area contributed by atoms with Crippen molar-refractivity contribution in [3.8, 4) is 17.1 Å². The SMILES string of the molecule is CC1c2ccccc2OC1C(=O)Nc1cccc(-c2cnco2)c1. The first-order chi connectivity index (χ1) is 11.7. The predicted molar refractivity (Wildman–Crippen MR) is 89.8 cm³/mol. The molecule has 2 atom stereocenters. The van der Waals surface area contributed by atoms with Crippen molar-refractivity contribution >= 4 is 11.6 Å². The van der Waals surface area contributed by atoms with Gasteiger partial charge in [0.2, 0.25) is 0 Å². The first-order valence-electron chi connectivity index (χ1n) is 7.78. The lowest BCUT2D eigenvalue weighted by molar-refractivity contribution is -0.122. The molecule has 3 aromatic rings. The largest absolute Gasteiger partial charge is 0.480 e. The molecule has 1 aliphatic heterocycles. The van der Waals surface area contributed by atoms with Gasteiger partial charge in [-0.3, -0.25) is 4.79 Å². The summed E-state index contributed by atoms with van der Waals surface area (Å²) < 4.78 is 11.1. The number of nitrogens with one attached hydrogen (secondary N) is 1. The summed E-state index contributed by atoms with van der Waals surface area (Å²) >= 11 is 0. The van der Waals surface area contributed by atoms with Crippen LogP contribution in [0.5, 0.6) is 5.75 Å². The van der Waals surface area contributed by atoms with E-state index in [1.807, 2.05) is 55.5 Å². The van der Waals surface area contributed by atoms with Crippen molar-refractivity contribution < 1.29 is 13.9 Å². The number of nitrogens with zero attached hydrogens (tertiary/aromatic N) is 1. The molecule has 1 aliphatic rings. The molecule has 0 bridgehead atoms. The molecule has 2 heterocycles. The summed E-state index contributed by atoms with van der Waals surface area (Å²) in [7, 11) is 0. The Hall–Kier alpha value is -3.08. The van der Waals surface area contributed by atoms with Gasteiger partial charge >= 0.3 is 0 Å². The highest BCUT2D eigenvalue weighted by Crippen LogP contribution is 2.38. The number of anilines is 1. The third-order valence-corrected chi connectivity index (χ3v) is 4.22. The second kappa shape index (κ2) is 5.85. The summed E-state index contributed by atoms with van der Waals surface area (Å²) in [4.78, 5) is 16.5. The van der Waals surface area contributed by atoms with Crippen LogP contribution in [0.25, 0.3) is 11.3 Å². The van der Waals surface area contributed by atoms with Crippen LogP contribution in [0.3, 0.4) is 0 Å². The van der Waals surface area contributed by atoms with Crippen molar-refractivity contribution in [2.24, 2.45) is 0 Å². The maximum atomic E-state index is 12.6. The lowest BCUT2D eigenvalue weighted by atomic mass is 9.97. The van der Waals surface area contributed by atoms with Gasteiger partial charge in [-0.25, -0.2) is 4.98 Å². The van der Waals surface area contributed by atoms with Crippen molar-refractivity contribution in [2.75, 3.05) is 5.32 Å². The van der Waals surface area contributed by atoms with E-state index in [2.05, 4.69) is 10.3 Å². The van der Waals surface area contributed by atoms with E-state index in [0.717, 1.165) is 16.9 Å². The van der Waals surface area contributed by atoms with E-state index in [9.17, 15) is 4.79 Å². The van der Waals surface area contributed by atoms with Crippen molar-refractivity contribution in [3.05, 3.63) is 66.7 Å². The van der Waals surface area contributed by atoms with Gasteiger partial charge in [0.15, 0.2) is 18.3 Å². The molecule has 1 N–H and O–H groups in total. The molecule has 5 nitrogen and oxygen atoms in total. The molecule has 0 spiro atoms. The fourth-order valence-corrected chi connectivity index (χ4v) is 2.97. The number of oxazole rings is 1. The highest BCUT2D eigenvalue weighted by molar-refractivity contribution is 5.96. The Bertz CT molecular complexity index is 874. The number of rotatable bonds is 3. The minimum Gasteiger partial charge on any atom is -0.480 e. The van der Waals surface area contributed by atoms with E-state index >= 15 is 0 Å². The Morgan fingerprint density at radius 3 is 2.83 bits per heavy atom. The van der Waals surface area contributed by atoms with E-state index in [1.165, 1.54) is 6.39 Å². The third-order valence-electron chi connectivity index (χ3n) is 4.22. The fourth-order valence-electron chi connectivity index (χ4n) is 2.97. The molecular weight excluding hydrogens is 304 g/mol. The van der Waals surface area contributed by atoms with E-state index in [-0.39, 0.29) is 11.8 Å². The summed E-state index contributed by atoms with van der Waals surface area (Å²) in [6.45, 7) is 2.00. The van der Waals surface area contributed by atoms with E-state index in [1.54, 1.807) is 6.20 Å². The van der Waals surface area contributed by atoms with Crippen LogP contribution < -0.4 is 10.1 Å². The molecular formula is C19H16N2O3. The number of hydrogen-bond donors (Lipinski definition) is 1. The third kappa shape index (κ3) is 2.54. The normalized spacial score (nSPS) is 18.7. The molecule has 24 heavy (non-hydrogen) atoms. The maximum Gasteiger partial charge on any atom is 0.266 e. The standard InChI is InChI=1S/C19H16N2O3/c1-12-15-7-2-3-8-16(15)24-18(12)19(22)21-14-6-4-5-13(9-14)17-10-20-11-23-17/h2-12,18H,1H3,(H,21,22). The first-order valence-corrected chi connectivity index (χ1v) is 7.78. The fraction of sp³-hybridized carbons (Fsp3) is 0.158. The Morgan fingerprint density at radius 1 is 1.17 bits per heavy atom. The lowest BCUT2D eigenvalue weighted by Gasteiger charge is -2.15. The lowest BCUT2D eigenvalue weighted by Crippen LogP contribution is -2.33. The molecule has 0 aliphatic carbocycles. The van der Waals surface area contributed by atoms with Crippen molar-refractivity contribution in [2.45, 2.75) is 18.9 Å².